The average Bonchev–Trinajstić information content (AvgIpc) is 2.81. The Morgan fingerprint density at radius 2 is 1.62 bits per heavy atom. The number of nitrogens with zero attached hydrogens (tertiary/aromatic N) is 1. The molecule has 2 aromatic rings. The maximum Gasteiger partial charge on any atom is 0.262 e. The molecule has 0 radical (unpaired) electrons. The second-order valence-corrected chi connectivity index (χ2v) is 7.09. The highest BCUT2D eigenvalue weighted by molar-refractivity contribution is 9.11. The van der Waals surface area contributed by atoms with Gasteiger partial charge in [-0.25, -0.2) is 0 Å². The SMILES string of the molecule is CC(C(=O)Nc1ccc(Br)cc1Br)N1C(=O)c2ccccc2C1=O. The standard InChI is InChI=1S/C17H12Br2N2O3/c1-9(15(22)20-14-7-6-10(18)8-13(14)19)21-16(23)11-4-2-3-5-12(11)17(21)24/h2-9H,1H3,(H,20,22). The Labute approximate surface area is 155 Å². The van der Waals surface area contributed by atoms with E-state index in [2.05, 4.69) is 37.2 Å². The number of hydrogen-bond acceptors (Lipinski definition) is 3. The largest absolute Gasteiger partial charge is 0.323 e. The lowest BCUT2D eigenvalue weighted by Gasteiger charge is -2.22. The van der Waals surface area contributed by atoms with Crippen LogP contribution >= 0.6 is 31.9 Å². The first-order chi connectivity index (χ1) is 11.4. The summed E-state index contributed by atoms with van der Waals surface area (Å²) in [5.74, 6) is -1.34. The molecular formula is C17H12Br2N2O3. The van der Waals surface area contributed by atoms with Crippen molar-refractivity contribution in [2.75, 3.05) is 5.32 Å². The van der Waals surface area contributed by atoms with Crippen LogP contribution in [-0.4, -0.2) is 28.7 Å². The molecule has 1 atom stereocenters. The van der Waals surface area contributed by atoms with E-state index in [1.165, 1.54) is 6.92 Å². The molecule has 0 aliphatic carbocycles. The number of carbonyl (C=O) groups is 3. The van der Waals surface area contributed by atoms with E-state index in [-0.39, 0.29) is 0 Å². The molecule has 122 valence electrons. The Balaban J connectivity index is 1.82. The topological polar surface area (TPSA) is 66.5 Å². The van der Waals surface area contributed by atoms with Crippen LogP contribution in [0.3, 0.4) is 0 Å². The molecule has 1 unspecified atom stereocenters. The summed E-state index contributed by atoms with van der Waals surface area (Å²) in [5, 5.41) is 2.73. The molecule has 3 rings (SSSR count). The molecule has 1 aliphatic heterocycles. The molecule has 0 spiro atoms. The van der Waals surface area contributed by atoms with E-state index in [1.807, 2.05) is 0 Å². The van der Waals surface area contributed by atoms with Crippen molar-refractivity contribution in [1.29, 1.82) is 0 Å². The van der Waals surface area contributed by atoms with Gasteiger partial charge in [-0.05, 0) is 53.2 Å². The molecule has 0 fully saturated rings. The van der Waals surface area contributed by atoms with E-state index in [4.69, 9.17) is 0 Å². The molecule has 1 heterocycles. The van der Waals surface area contributed by atoms with E-state index >= 15 is 0 Å². The average molecular weight is 452 g/mol. The zero-order chi connectivity index (χ0) is 17.4. The second kappa shape index (κ2) is 6.49. The van der Waals surface area contributed by atoms with Gasteiger partial charge in [0.25, 0.3) is 11.8 Å². The van der Waals surface area contributed by atoms with Gasteiger partial charge in [0.15, 0.2) is 0 Å². The van der Waals surface area contributed by atoms with Gasteiger partial charge in [0.05, 0.1) is 16.8 Å². The Morgan fingerprint density at radius 1 is 1.04 bits per heavy atom. The van der Waals surface area contributed by atoms with Crippen molar-refractivity contribution in [2.45, 2.75) is 13.0 Å². The monoisotopic (exact) mass is 450 g/mol. The van der Waals surface area contributed by atoms with Crippen molar-refractivity contribution < 1.29 is 14.4 Å². The fourth-order valence-corrected chi connectivity index (χ4v) is 3.65. The van der Waals surface area contributed by atoms with Gasteiger partial charge in [0.2, 0.25) is 5.91 Å². The lowest BCUT2D eigenvalue weighted by atomic mass is 10.1. The van der Waals surface area contributed by atoms with Gasteiger partial charge < -0.3 is 5.32 Å². The summed E-state index contributed by atoms with van der Waals surface area (Å²) >= 11 is 6.70. The minimum atomic E-state index is -0.923. The van der Waals surface area contributed by atoms with Crippen molar-refractivity contribution in [1.82, 2.24) is 4.90 Å². The number of nitrogens with one attached hydrogen (secondary N) is 1. The lowest BCUT2D eigenvalue weighted by Crippen LogP contribution is -2.45. The molecule has 1 aliphatic rings. The van der Waals surface area contributed by atoms with Crippen LogP contribution in [-0.2, 0) is 4.79 Å². The van der Waals surface area contributed by atoms with Gasteiger partial charge in [0, 0.05) is 8.95 Å². The highest BCUT2D eigenvalue weighted by atomic mass is 79.9. The maximum absolute atomic E-state index is 12.5. The summed E-state index contributed by atoms with van der Waals surface area (Å²) in [5.41, 5.74) is 1.21. The molecule has 24 heavy (non-hydrogen) atoms. The molecule has 0 bridgehead atoms. The summed E-state index contributed by atoms with van der Waals surface area (Å²) in [6.45, 7) is 1.53. The van der Waals surface area contributed by atoms with Gasteiger partial charge in [-0.15, -0.1) is 0 Å². The van der Waals surface area contributed by atoms with Gasteiger partial charge in [-0.3, -0.25) is 19.3 Å². The van der Waals surface area contributed by atoms with E-state index in [9.17, 15) is 14.4 Å². The Hall–Kier alpha value is -1.99. The predicted octanol–water partition coefficient (Wildman–Crippen LogP) is 3.83. The van der Waals surface area contributed by atoms with Gasteiger partial charge in [-0.1, -0.05) is 28.1 Å². The number of rotatable bonds is 3. The number of fused-ring (bicyclic) bond motifs is 1. The highest BCUT2D eigenvalue weighted by Crippen LogP contribution is 2.28. The van der Waals surface area contributed by atoms with Crippen LogP contribution in [0.1, 0.15) is 27.6 Å². The third-order valence-electron chi connectivity index (χ3n) is 3.78. The molecule has 2 aromatic carbocycles. The van der Waals surface area contributed by atoms with Crippen LogP contribution in [0.25, 0.3) is 0 Å². The number of imide groups is 1. The molecular weight excluding hydrogens is 440 g/mol. The number of amides is 3. The zero-order valence-electron chi connectivity index (χ0n) is 12.5. The van der Waals surface area contributed by atoms with Crippen molar-refractivity contribution >= 4 is 55.3 Å². The summed E-state index contributed by atoms with van der Waals surface area (Å²) in [6.07, 6.45) is 0. The predicted molar refractivity (Wildman–Crippen MR) is 96.9 cm³/mol. The van der Waals surface area contributed by atoms with Gasteiger partial charge >= 0.3 is 0 Å². The molecule has 0 aromatic heterocycles. The van der Waals surface area contributed by atoms with Crippen molar-refractivity contribution in [3.05, 3.63) is 62.5 Å². The van der Waals surface area contributed by atoms with Gasteiger partial charge in [0.1, 0.15) is 6.04 Å². The highest BCUT2D eigenvalue weighted by Gasteiger charge is 2.40. The summed E-state index contributed by atoms with van der Waals surface area (Å²) in [7, 11) is 0. The summed E-state index contributed by atoms with van der Waals surface area (Å²) in [4.78, 5) is 38.3. The van der Waals surface area contributed by atoms with Crippen LogP contribution in [0.2, 0.25) is 0 Å². The summed E-state index contributed by atoms with van der Waals surface area (Å²) in [6, 6.07) is 10.9. The maximum atomic E-state index is 12.5. The minimum absolute atomic E-state index is 0.326. The van der Waals surface area contributed by atoms with E-state index in [0.29, 0.717) is 21.3 Å². The normalized spacial score (nSPS) is 14.5. The fourth-order valence-electron chi connectivity index (χ4n) is 2.50. The first kappa shape index (κ1) is 16.9. The van der Waals surface area contributed by atoms with Crippen LogP contribution in [0.5, 0.6) is 0 Å². The molecule has 0 saturated carbocycles. The molecule has 7 heteroatoms. The van der Waals surface area contributed by atoms with Crippen molar-refractivity contribution in [2.24, 2.45) is 0 Å². The zero-order valence-corrected chi connectivity index (χ0v) is 15.7. The van der Waals surface area contributed by atoms with Crippen LogP contribution < -0.4 is 5.32 Å². The number of anilines is 1. The third-order valence-corrected chi connectivity index (χ3v) is 4.93. The number of benzene rings is 2. The van der Waals surface area contributed by atoms with E-state index in [0.717, 1.165) is 9.37 Å². The van der Waals surface area contributed by atoms with Gasteiger partial charge in [-0.2, -0.15) is 0 Å². The Morgan fingerprint density at radius 3 is 2.17 bits per heavy atom. The summed E-state index contributed by atoms with van der Waals surface area (Å²) < 4.78 is 1.56. The van der Waals surface area contributed by atoms with Crippen LogP contribution in [0.4, 0.5) is 5.69 Å². The van der Waals surface area contributed by atoms with Crippen LogP contribution in [0, 0.1) is 0 Å². The lowest BCUT2D eigenvalue weighted by molar-refractivity contribution is -0.119. The second-order valence-electron chi connectivity index (χ2n) is 5.32. The smallest absolute Gasteiger partial charge is 0.262 e. The van der Waals surface area contributed by atoms with Crippen molar-refractivity contribution in [3.63, 3.8) is 0 Å². The van der Waals surface area contributed by atoms with Crippen molar-refractivity contribution in [3.8, 4) is 0 Å². The van der Waals surface area contributed by atoms with E-state index in [1.54, 1.807) is 42.5 Å². The number of carbonyl (C=O) groups excluding carboxylic acids is 3. The number of halogens is 2. The Kier molecular flexibility index (Phi) is 4.56. The molecule has 0 saturated heterocycles. The Bertz CT molecular complexity index is 832. The molecule has 1 N–H and O–H groups in total. The first-order valence-corrected chi connectivity index (χ1v) is 8.71. The quantitative estimate of drug-likeness (QED) is 0.721. The third kappa shape index (κ3) is 2.89. The fraction of sp³-hybridized carbons (Fsp3) is 0.118. The van der Waals surface area contributed by atoms with Crippen LogP contribution in [0.15, 0.2) is 51.4 Å². The van der Waals surface area contributed by atoms with E-state index < -0.39 is 23.8 Å². The first-order valence-electron chi connectivity index (χ1n) is 7.13. The molecule has 5 nitrogen and oxygen atoms in total. The molecule has 3 amide bonds. The minimum Gasteiger partial charge on any atom is -0.323 e. The number of hydrogen-bond donors (Lipinski definition) is 1.